The molecular weight excluding hydrogens is 339 g/mol. The minimum atomic E-state index is -0.220. The van der Waals surface area contributed by atoms with Crippen LogP contribution in [0, 0.1) is 5.82 Å². The van der Waals surface area contributed by atoms with Gasteiger partial charge in [-0.05, 0) is 18.2 Å². The van der Waals surface area contributed by atoms with Gasteiger partial charge in [0.25, 0.3) is 0 Å². The fourth-order valence-electron chi connectivity index (χ4n) is 3.01. The lowest BCUT2D eigenvalue weighted by Crippen LogP contribution is -2.48. The van der Waals surface area contributed by atoms with E-state index >= 15 is 0 Å². The molecule has 0 spiro atoms. The van der Waals surface area contributed by atoms with Crippen LogP contribution in [0.5, 0.6) is 0 Å². The number of carbonyl (C=O) groups excluding carboxylic acids is 1. The second kappa shape index (κ2) is 6.68. The molecule has 0 bridgehead atoms. The molecule has 0 radical (unpaired) electrons. The highest BCUT2D eigenvalue weighted by atomic mass is 32.1. The Kier molecular flexibility index (Phi) is 4.23. The van der Waals surface area contributed by atoms with Gasteiger partial charge in [0.1, 0.15) is 5.82 Å². The molecule has 1 saturated heterocycles. The Balaban J connectivity index is 1.39. The summed E-state index contributed by atoms with van der Waals surface area (Å²) in [6.45, 7) is 2.42. The maximum absolute atomic E-state index is 13.9. The Labute approximate surface area is 148 Å². The zero-order valence-electron chi connectivity index (χ0n) is 13.5. The zero-order valence-corrected chi connectivity index (χ0v) is 14.3. The molecule has 128 valence electrons. The van der Waals surface area contributed by atoms with Crippen LogP contribution in [0.1, 0.15) is 5.69 Å². The normalized spacial score (nSPS) is 15.4. The number of carbonyl (C=O) groups is 1. The lowest BCUT2D eigenvalue weighted by atomic mass is 10.2. The number of benzene rings is 1. The van der Waals surface area contributed by atoms with Gasteiger partial charge in [0, 0.05) is 43.8 Å². The number of halogens is 1. The van der Waals surface area contributed by atoms with Crippen molar-refractivity contribution in [1.29, 1.82) is 0 Å². The molecule has 4 rings (SSSR count). The first-order valence-corrected chi connectivity index (χ1v) is 8.97. The molecule has 1 aliphatic rings. The van der Waals surface area contributed by atoms with Crippen molar-refractivity contribution >= 4 is 34.0 Å². The molecule has 1 aliphatic heterocycles. The van der Waals surface area contributed by atoms with Crippen LogP contribution in [0.2, 0.25) is 0 Å². The number of para-hydroxylation sites is 1. The average Bonchev–Trinajstić information content (AvgIpc) is 3.24. The van der Waals surface area contributed by atoms with Crippen molar-refractivity contribution in [2.45, 2.75) is 0 Å². The number of imidazole rings is 1. The highest BCUT2D eigenvalue weighted by molar-refractivity contribution is 7.15. The van der Waals surface area contributed by atoms with E-state index in [-0.39, 0.29) is 11.7 Å². The quantitative estimate of drug-likeness (QED) is 0.678. The lowest BCUT2D eigenvalue weighted by Gasteiger charge is -2.35. The van der Waals surface area contributed by atoms with Crippen LogP contribution in [0.25, 0.3) is 11.0 Å². The van der Waals surface area contributed by atoms with Gasteiger partial charge in [-0.15, -0.1) is 11.3 Å². The van der Waals surface area contributed by atoms with Crippen LogP contribution in [0.4, 0.5) is 10.1 Å². The maximum atomic E-state index is 13.9. The van der Waals surface area contributed by atoms with Crippen LogP contribution >= 0.6 is 11.3 Å². The molecule has 0 aliphatic carbocycles. The molecule has 0 N–H and O–H groups in total. The van der Waals surface area contributed by atoms with Crippen molar-refractivity contribution < 1.29 is 9.18 Å². The van der Waals surface area contributed by atoms with E-state index in [2.05, 4.69) is 4.98 Å². The van der Waals surface area contributed by atoms with Crippen molar-refractivity contribution in [3.8, 4) is 0 Å². The van der Waals surface area contributed by atoms with Gasteiger partial charge < -0.3 is 9.80 Å². The Morgan fingerprint density at radius 2 is 2.00 bits per heavy atom. The van der Waals surface area contributed by atoms with Crippen molar-refractivity contribution in [3.63, 3.8) is 0 Å². The maximum Gasteiger partial charge on any atom is 0.246 e. The Morgan fingerprint density at radius 1 is 1.20 bits per heavy atom. The van der Waals surface area contributed by atoms with E-state index in [0.717, 1.165) is 10.7 Å². The first kappa shape index (κ1) is 15.8. The largest absolute Gasteiger partial charge is 0.366 e. The first-order chi connectivity index (χ1) is 12.2. The van der Waals surface area contributed by atoms with Gasteiger partial charge in [0.15, 0.2) is 4.96 Å². The third-order valence-corrected chi connectivity index (χ3v) is 5.13. The van der Waals surface area contributed by atoms with Gasteiger partial charge in [-0.2, -0.15) is 0 Å². The number of nitrogens with zero attached hydrogens (tertiary/aromatic N) is 4. The molecule has 0 unspecified atom stereocenters. The number of thiazole rings is 1. The second-order valence-corrected chi connectivity index (χ2v) is 6.71. The average molecular weight is 356 g/mol. The smallest absolute Gasteiger partial charge is 0.246 e. The molecule has 3 heterocycles. The summed E-state index contributed by atoms with van der Waals surface area (Å²) >= 11 is 1.56. The Hall–Kier alpha value is -2.67. The van der Waals surface area contributed by atoms with Gasteiger partial charge in [0.05, 0.1) is 17.6 Å². The SMILES string of the molecule is O=C(/C=C/c1cnc2sccn12)N1CCN(c2ccccc2F)CC1. The molecule has 5 nitrogen and oxygen atoms in total. The van der Waals surface area contributed by atoms with Crippen molar-refractivity contribution in [1.82, 2.24) is 14.3 Å². The summed E-state index contributed by atoms with van der Waals surface area (Å²) in [7, 11) is 0. The Morgan fingerprint density at radius 3 is 2.80 bits per heavy atom. The number of anilines is 1. The minimum absolute atomic E-state index is 0.0293. The van der Waals surface area contributed by atoms with E-state index in [0.29, 0.717) is 31.9 Å². The number of fused-ring (bicyclic) bond motifs is 1. The first-order valence-electron chi connectivity index (χ1n) is 8.09. The second-order valence-electron chi connectivity index (χ2n) is 5.84. The predicted molar refractivity (Wildman–Crippen MR) is 97.3 cm³/mol. The number of piperazine rings is 1. The van der Waals surface area contributed by atoms with E-state index in [1.807, 2.05) is 26.9 Å². The van der Waals surface area contributed by atoms with Crippen molar-refractivity contribution in [2.75, 3.05) is 31.1 Å². The van der Waals surface area contributed by atoms with Crippen LogP contribution in [-0.4, -0.2) is 46.4 Å². The van der Waals surface area contributed by atoms with Crippen LogP contribution in [0.15, 0.2) is 48.1 Å². The molecule has 25 heavy (non-hydrogen) atoms. The summed E-state index contributed by atoms with van der Waals surface area (Å²) in [4.78, 5) is 21.4. The summed E-state index contributed by atoms with van der Waals surface area (Å²) < 4.78 is 15.8. The third kappa shape index (κ3) is 3.15. The van der Waals surface area contributed by atoms with Gasteiger partial charge in [-0.3, -0.25) is 9.20 Å². The standard InChI is InChI=1S/C18H17FN4OS/c19-15-3-1-2-4-16(15)21-7-9-22(10-8-21)17(24)6-5-14-13-20-18-23(14)11-12-25-18/h1-6,11-13H,7-10H2/b6-5+. The molecule has 2 aromatic heterocycles. The summed E-state index contributed by atoms with van der Waals surface area (Å²) in [6, 6.07) is 6.75. The third-order valence-electron chi connectivity index (χ3n) is 4.36. The van der Waals surface area contributed by atoms with Gasteiger partial charge in [-0.1, -0.05) is 12.1 Å². The van der Waals surface area contributed by atoms with E-state index < -0.39 is 0 Å². The van der Waals surface area contributed by atoms with Crippen molar-refractivity contribution in [3.05, 3.63) is 59.6 Å². The number of amides is 1. The Bertz CT molecular complexity index is 924. The molecule has 1 amide bonds. The summed E-state index contributed by atoms with van der Waals surface area (Å²) in [6.07, 6.45) is 7.06. The van der Waals surface area contributed by atoms with E-state index in [1.54, 1.807) is 46.7 Å². The topological polar surface area (TPSA) is 40.9 Å². The van der Waals surface area contributed by atoms with Crippen LogP contribution in [0.3, 0.4) is 0 Å². The molecule has 0 saturated carbocycles. The molecule has 3 aromatic rings. The zero-order chi connectivity index (χ0) is 17.2. The van der Waals surface area contributed by atoms with Gasteiger partial charge >= 0.3 is 0 Å². The molecule has 1 fully saturated rings. The van der Waals surface area contributed by atoms with E-state index in [9.17, 15) is 9.18 Å². The van der Waals surface area contributed by atoms with E-state index in [1.165, 1.54) is 6.07 Å². The molecular formula is C18H17FN4OS. The number of rotatable bonds is 3. The fraction of sp³-hybridized carbons (Fsp3) is 0.222. The molecule has 0 atom stereocenters. The predicted octanol–water partition coefficient (Wildman–Crippen LogP) is 2.90. The summed E-state index contributed by atoms with van der Waals surface area (Å²) in [5, 5.41) is 1.96. The highest BCUT2D eigenvalue weighted by Crippen LogP contribution is 2.20. The fourth-order valence-corrected chi connectivity index (χ4v) is 3.70. The van der Waals surface area contributed by atoms with Gasteiger partial charge in [-0.25, -0.2) is 9.37 Å². The number of hydrogen-bond donors (Lipinski definition) is 0. The molecule has 7 heteroatoms. The van der Waals surface area contributed by atoms with Crippen molar-refractivity contribution in [2.24, 2.45) is 0 Å². The minimum Gasteiger partial charge on any atom is -0.366 e. The summed E-state index contributed by atoms with van der Waals surface area (Å²) in [5.41, 5.74) is 1.49. The van der Waals surface area contributed by atoms with Crippen LogP contribution < -0.4 is 4.90 Å². The lowest BCUT2D eigenvalue weighted by molar-refractivity contribution is -0.126. The summed E-state index contributed by atoms with van der Waals surface area (Å²) in [5.74, 6) is -0.249. The van der Waals surface area contributed by atoms with Gasteiger partial charge in [0.2, 0.25) is 5.91 Å². The number of hydrogen-bond acceptors (Lipinski definition) is 4. The van der Waals surface area contributed by atoms with Crippen LogP contribution in [-0.2, 0) is 4.79 Å². The monoisotopic (exact) mass is 356 g/mol. The highest BCUT2D eigenvalue weighted by Gasteiger charge is 2.21. The number of aromatic nitrogens is 2. The molecule has 1 aromatic carbocycles. The van der Waals surface area contributed by atoms with E-state index in [4.69, 9.17) is 0 Å².